The third-order valence-electron chi connectivity index (χ3n) is 3.87. The quantitative estimate of drug-likeness (QED) is 0.855. The zero-order chi connectivity index (χ0) is 15.5. The van der Waals surface area contributed by atoms with E-state index in [0.717, 1.165) is 17.9 Å². The molecule has 1 aliphatic heterocycles. The second-order valence-corrected chi connectivity index (χ2v) is 6.68. The van der Waals surface area contributed by atoms with Crippen molar-refractivity contribution in [2.45, 2.75) is 18.7 Å². The molecule has 1 unspecified atom stereocenters. The maximum atomic E-state index is 13.7. The van der Waals surface area contributed by atoms with Crippen LogP contribution in [0.4, 0.5) is 4.39 Å². The fourth-order valence-electron chi connectivity index (χ4n) is 2.64. The van der Waals surface area contributed by atoms with Crippen LogP contribution in [0.3, 0.4) is 0 Å². The summed E-state index contributed by atoms with van der Waals surface area (Å²) in [5, 5.41) is 0.0415. The Morgan fingerprint density at radius 1 is 1.23 bits per heavy atom. The number of hydrogen-bond donors (Lipinski definition) is 0. The molecular formula is C18H18FNOS. The van der Waals surface area contributed by atoms with Gasteiger partial charge in [-0.25, -0.2) is 4.39 Å². The van der Waals surface area contributed by atoms with E-state index in [1.54, 1.807) is 30.0 Å². The van der Waals surface area contributed by atoms with Gasteiger partial charge in [0.25, 0.3) is 0 Å². The fourth-order valence-corrected chi connectivity index (χ4v) is 3.92. The van der Waals surface area contributed by atoms with Crippen molar-refractivity contribution in [3.63, 3.8) is 0 Å². The van der Waals surface area contributed by atoms with Gasteiger partial charge >= 0.3 is 0 Å². The van der Waals surface area contributed by atoms with Crippen LogP contribution in [0.1, 0.15) is 22.1 Å². The number of thioether (sulfide) groups is 1. The monoisotopic (exact) mass is 315 g/mol. The molecule has 0 bridgehead atoms. The van der Waals surface area contributed by atoms with Gasteiger partial charge in [0.2, 0.25) is 5.91 Å². The molecule has 0 aromatic heterocycles. The van der Waals surface area contributed by atoms with E-state index in [-0.39, 0.29) is 23.5 Å². The Morgan fingerprint density at radius 3 is 2.68 bits per heavy atom. The van der Waals surface area contributed by atoms with Crippen LogP contribution in [-0.4, -0.2) is 23.1 Å². The molecule has 22 heavy (non-hydrogen) atoms. The van der Waals surface area contributed by atoms with Crippen molar-refractivity contribution in [2.75, 3.05) is 12.3 Å². The van der Waals surface area contributed by atoms with Crippen molar-refractivity contribution in [1.82, 2.24) is 4.90 Å². The molecule has 114 valence electrons. The topological polar surface area (TPSA) is 20.3 Å². The number of rotatable bonds is 3. The predicted octanol–water partition coefficient (Wildman–Crippen LogP) is 3.95. The minimum absolute atomic E-state index is 0.0133. The molecule has 3 rings (SSSR count). The molecule has 0 radical (unpaired) electrons. The Labute approximate surface area is 134 Å². The van der Waals surface area contributed by atoms with Gasteiger partial charge in [-0.1, -0.05) is 48.0 Å². The van der Waals surface area contributed by atoms with E-state index in [4.69, 9.17) is 0 Å². The minimum atomic E-state index is -0.311. The molecule has 1 saturated heterocycles. The Kier molecular flexibility index (Phi) is 4.48. The van der Waals surface area contributed by atoms with E-state index in [0.29, 0.717) is 5.56 Å². The molecule has 1 heterocycles. The number of amides is 1. The molecule has 2 aromatic rings. The maximum absolute atomic E-state index is 13.7. The van der Waals surface area contributed by atoms with Gasteiger partial charge in [-0.05, 0) is 24.1 Å². The first-order valence-corrected chi connectivity index (χ1v) is 8.41. The van der Waals surface area contributed by atoms with Gasteiger partial charge in [0.1, 0.15) is 11.2 Å². The fraction of sp³-hybridized carbons (Fsp3) is 0.278. The molecule has 1 aliphatic rings. The van der Waals surface area contributed by atoms with Gasteiger partial charge in [0, 0.05) is 12.3 Å². The first kappa shape index (κ1) is 15.1. The maximum Gasteiger partial charge on any atom is 0.228 e. The van der Waals surface area contributed by atoms with Crippen molar-refractivity contribution < 1.29 is 9.18 Å². The number of benzene rings is 2. The highest BCUT2D eigenvalue weighted by molar-refractivity contribution is 7.99. The molecule has 1 amide bonds. The smallest absolute Gasteiger partial charge is 0.228 e. The van der Waals surface area contributed by atoms with E-state index in [1.165, 1.54) is 11.6 Å². The van der Waals surface area contributed by atoms with Crippen LogP contribution in [0.15, 0.2) is 48.5 Å². The van der Waals surface area contributed by atoms with E-state index >= 15 is 0 Å². The van der Waals surface area contributed by atoms with Crippen molar-refractivity contribution >= 4 is 17.7 Å². The normalized spacial score (nSPS) is 17.7. The van der Waals surface area contributed by atoms with E-state index < -0.39 is 0 Å². The Morgan fingerprint density at radius 2 is 1.95 bits per heavy atom. The number of nitrogens with zero attached hydrogens (tertiary/aromatic N) is 1. The van der Waals surface area contributed by atoms with Crippen LogP contribution >= 0.6 is 11.8 Å². The largest absolute Gasteiger partial charge is 0.325 e. The number of halogens is 1. The molecule has 0 spiro atoms. The molecule has 2 aromatic carbocycles. The lowest BCUT2D eigenvalue weighted by Crippen LogP contribution is -2.31. The molecular weight excluding hydrogens is 297 g/mol. The summed E-state index contributed by atoms with van der Waals surface area (Å²) < 4.78 is 13.7. The number of hydrogen-bond acceptors (Lipinski definition) is 2. The predicted molar refractivity (Wildman–Crippen MR) is 88.2 cm³/mol. The summed E-state index contributed by atoms with van der Waals surface area (Å²) in [6.45, 7) is 2.77. The molecule has 1 fully saturated rings. The molecule has 0 saturated carbocycles. The van der Waals surface area contributed by atoms with Crippen LogP contribution in [0.2, 0.25) is 0 Å². The van der Waals surface area contributed by atoms with Crippen LogP contribution in [0.25, 0.3) is 0 Å². The third-order valence-corrected chi connectivity index (χ3v) is 5.13. The van der Waals surface area contributed by atoms with Crippen molar-refractivity contribution in [1.29, 1.82) is 0 Å². The number of carbonyl (C=O) groups is 1. The lowest BCUT2D eigenvalue weighted by atomic mass is 10.1. The molecule has 4 heteroatoms. The SMILES string of the molecule is Cc1ccc(C2SCCN2C(=O)Cc2ccccc2F)cc1. The van der Waals surface area contributed by atoms with E-state index in [1.807, 2.05) is 11.8 Å². The summed E-state index contributed by atoms with van der Waals surface area (Å²) in [6.07, 6.45) is 0.121. The summed E-state index contributed by atoms with van der Waals surface area (Å²) in [5.74, 6) is 0.594. The van der Waals surface area contributed by atoms with Gasteiger partial charge in [-0.2, -0.15) is 0 Å². The number of carbonyl (C=O) groups excluding carboxylic acids is 1. The lowest BCUT2D eigenvalue weighted by Gasteiger charge is -2.24. The Hall–Kier alpha value is -1.81. The summed E-state index contributed by atoms with van der Waals surface area (Å²) >= 11 is 1.76. The summed E-state index contributed by atoms with van der Waals surface area (Å²) in [4.78, 5) is 14.4. The first-order chi connectivity index (χ1) is 10.6. The highest BCUT2D eigenvalue weighted by Crippen LogP contribution is 2.38. The van der Waals surface area contributed by atoms with Crippen LogP contribution in [0, 0.1) is 12.7 Å². The van der Waals surface area contributed by atoms with Gasteiger partial charge in [-0.15, -0.1) is 11.8 Å². The standard InChI is InChI=1S/C18H18FNOS/c1-13-6-8-14(9-7-13)18-20(10-11-22-18)17(21)12-15-4-2-3-5-16(15)19/h2-9,18H,10-12H2,1H3. The summed E-state index contributed by atoms with van der Waals surface area (Å²) in [5.41, 5.74) is 2.80. The highest BCUT2D eigenvalue weighted by Gasteiger charge is 2.30. The molecule has 0 aliphatic carbocycles. The van der Waals surface area contributed by atoms with Crippen molar-refractivity contribution in [3.8, 4) is 0 Å². The Balaban J connectivity index is 1.76. The highest BCUT2D eigenvalue weighted by atomic mass is 32.2. The van der Waals surface area contributed by atoms with Gasteiger partial charge < -0.3 is 4.90 Å². The first-order valence-electron chi connectivity index (χ1n) is 7.36. The van der Waals surface area contributed by atoms with Crippen molar-refractivity contribution in [2.24, 2.45) is 0 Å². The number of aryl methyl sites for hydroxylation is 1. The van der Waals surface area contributed by atoms with Gasteiger partial charge in [0.05, 0.1) is 6.42 Å². The zero-order valence-electron chi connectivity index (χ0n) is 12.5. The lowest BCUT2D eigenvalue weighted by molar-refractivity contribution is -0.130. The zero-order valence-corrected chi connectivity index (χ0v) is 13.3. The van der Waals surface area contributed by atoms with Crippen molar-refractivity contribution in [3.05, 3.63) is 71.0 Å². The van der Waals surface area contributed by atoms with Crippen LogP contribution in [0.5, 0.6) is 0 Å². The summed E-state index contributed by atoms with van der Waals surface area (Å²) in [7, 11) is 0. The molecule has 0 N–H and O–H groups in total. The van der Waals surface area contributed by atoms with E-state index in [2.05, 4.69) is 24.3 Å². The molecule has 1 atom stereocenters. The Bertz CT molecular complexity index is 671. The summed E-state index contributed by atoms with van der Waals surface area (Å²) in [6, 6.07) is 14.8. The van der Waals surface area contributed by atoms with Gasteiger partial charge in [0.15, 0.2) is 0 Å². The van der Waals surface area contributed by atoms with Crippen LogP contribution in [-0.2, 0) is 11.2 Å². The second kappa shape index (κ2) is 6.53. The van der Waals surface area contributed by atoms with E-state index in [9.17, 15) is 9.18 Å². The second-order valence-electron chi connectivity index (χ2n) is 5.49. The van der Waals surface area contributed by atoms with Crippen LogP contribution < -0.4 is 0 Å². The molecule has 2 nitrogen and oxygen atoms in total. The third kappa shape index (κ3) is 3.17. The average Bonchev–Trinajstić information content (AvgIpc) is 3.00. The average molecular weight is 315 g/mol. The van der Waals surface area contributed by atoms with Gasteiger partial charge in [-0.3, -0.25) is 4.79 Å². The minimum Gasteiger partial charge on any atom is -0.325 e.